The number of hydrogen-bond donors (Lipinski definition) is 3. The fourth-order valence-corrected chi connectivity index (χ4v) is 8.75. The predicted molar refractivity (Wildman–Crippen MR) is 146 cm³/mol. The largest absolute Gasteiger partial charge is 0.413 e. The third-order valence-electron chi connectivity index (χ3n) is 10.6. The molecule has 40 heavy (non-hydrogen) atoms. The van der Waals surface area contributed by atoms with Crippen LogP contribution >= 0.6 is 0 Å². The van der Waals surface area contributed by atoms with Gasteiger partial charge < -0.3 is 25.6 Å². The van der Waals surface area contributed by atoms with Gasteiger partial charge in [0.25, 0.3) is 0 Å². The standard InChI is InChI=1S/C31H34F3N3O3/c1-28-14-22(31(32,33)34)20-13-21-25(38)26(39)23(37(2)3)15-29(21)9-10-30(20,40-29)24(28)7-6-19(28)17-4-5-18-16(12-17)8-11-36-27(18)35/h4-6,8,11-13,23-26,38-39H,7,9-10,14-15H2,1-3H3,(H2,35,36)/t23-,24?,25+,26+,28+,29+,30+/m0/s1. The summed E-state index contributed by atoms with van der Waals surface area (Å²) in [5.41, 5.74) is 4.94. The molecule has 3 aliphatic carbocycles. The van der Waals surface area contributed by atoms with Crippen LogP contribution in [0.1, 0.15) is 44.6 Å². The Balaban J connectivity index is 1.39. The second-order valence-corrected chi connectivity index (χ2v) is 12.8. The van der Waals surface area contributed by atoms with Gasteiger partial charge in [0.15, 0.2) is 0 Å². The Morgan fingerprint density at radius 3 is 2.65 bits per heavy atom. The van der Waals surface area contributed by atoms with Crippen LogP contribution in [0.15, 0.2) is 59.3 Å². The highest BCUT2D eigenvalue weighted by Gasteiger charge is 2.69. The molecule has 1 aromatic heterocycles. The molecule has 0 amide bonds. The van der Waals surface area contributed by atoms with E-state index in [0.717, 1.165) is 21.9 Å². The van der Waals surface area contributed by atoms with E-state index in [0.29, 0.717) is 37.1 Å². The molecule has 2 aromatic rings. The first kappa shape index (κ1) is 26.2. The molecule has 5 aliphatic rings. The van der Waals surface area contributed by atoms with Crippen LogP contribution in [-0.2, 0) is 4.74 Å². The lowest BCUT2D eigenvalue weighted by atomic mass is 9.56. The highest BCUT2D eigenvalue weighted by atomic mass is 19.4. The number of likely N-dealkylation sites (N-methyl/N-ethyl adjacent to an activating group) is 1. The van der Waals surface area contributed by atoms with Crippen molar-refractivity contribution in [3.63, 3.8) is 0 Å². The number of anilines is 1. The minimum Gasteiger partial charge on any atom is -0.388 e. The minimum atomic E-state index is -4.57. The first-order valence-electron chi connectivity index (χ1n) is 13.9. The van der Waals surface area contributed by atoms with E-state index in [2.05, 4.69) is 11.1 Å². The lowest BCUT2D eigenvalue weighted by Gasteiger charge is -2.57. The summed E-state index contributed by atoms with van der Waals surface area (Å²) in [4.78, 5) is 6.02. The Hall–Kier alpha value is -2.72. The van der Waals surface area contributed by atoms with Crippen LogP contribution in [0.4, 0.5) is 19.0 Å². The number of fused-ring (bicyclic) bond motifs is 2. The van der Waals surface area contributed by atoms with Crippen molar-refractivity contribution in [3.8, 4) is 0 Å². The van der Waals surface area contributed by atoms with Gasteiger partial charge in [0.05, 0.1) is 17.3 Å². The van der Waals surface area contributed by atoms with Crippen molar-refractivity contribution in [3.05, 3.63) is 64.9 Å². The SMILES string of the molecule is CN(C)[C@H]1C[C@@]23CC[C@@]4(O2)C(=C(C(F)(F)F)C[C@]2(C)C(c5ccc6c(N)nccc6c5)=CCC24)C=C3[C@@H](O)[C@@H]1O. The van der Waals surface area contributed by atoms with Crippen LogP contribution in [0.5, 0.6) is 0 Å². The molecule has 9 heteroatoms. The summed E-state index contributed by atoms with van der Waals surface area (Å²) in [7, 11) is 3.68. The monoisotopic (exact) mass is 553 g/mol. The van der Waals surface area contributed by atoms with E-state index < -0.39 is 40.6 Å². The van der Waals surface area contributed by atoms with Crippen LogP contribution in [0.2, 0.25) is 0 Å². The van der Waals surface area contributed by atoms with Gasteiger partial charge >= 0.3 is 6.18 Å². The maximum Gasteiger partial charge on any atom is 0.413 e. The number of halogens is 3. The molecule has 2 fully saturated rings. The Morgan fingerprint density at radius 2 is 1.93 bits per heavy atom. The number of aliphatic hydroxyl groups is 2. The van der Waals surface area contributed by atoms with Crippen LogP contribution in [-0.4, -0.2) is 69.8 Å². The molecule has 2 aliphatic heterocycles. The Bertz CT molecular complexity index is 1530. The van der Waals surface area contributed by atoms with Gasteiger partial charge in [0.1, 0.15) is 11.9 Å². The van der Waals surface area contributed by atoms with Crippen molar-refractivity contribution < 1.29 is 28.1 Å². The number of alkyl halides is 3. The zero-order valence-corrected chi connectivity index (χ0v) is 22.8. The number of aromatic nitrogens is 1. The van der Waals surface area contributed by atoms with Crippen molar-refractivity contribution in [1.82, 2.24) is 9.88 Å². The van der Waals surface area contributed by atoms with Crippen LogP contribution in [0.3, 0.4) is 0 Å². The molecule has 7 atom stereocenters. The number of ether oxygens (including phenoxy) is 1. The van der Waals surface area contributed by atoms with Gasteiger partial charge in [-0.05, 0) is 86.0 Å². The van der Waals surface area contributed by atoms with Crippen molar-refractivity contribution in [2.75, 3.05) is 19.8 Å². The molecule has 2 bridgehead atoms. The minimum absolute atomic E-state index is 0.146. The number of pyridine rings is 1. The second kappa shape index (κ2) is 8.18. The second-order valence-electron chi connectivity index (χ2n) is 12.8. The number of nitrogen functional groups attached to an aromatic ring is 1. The summed E-state index contributed by atoms with van der Waals surface area (Å²) in [5.74, 6) is 0.218. The normalized spacial score (nSPS) is 38.7. The van der Waals surface area contributed by atoms with E-state index >= 15 is 0 Å². The zero-order chi connectivity index (χ0) is 28.4. The maximum atomic E-state index is 14.9. The summed E-state index contributed by atoms with van der Waals surface area (Å²) in [5, 5.41) is 23.8. The van der Waals surface area contributed by atoms with E-state index in [1.165, 1.54) is 0 Å². The third kappa shape index (κ3) is 3.29. The quantitative estimate of drug-likeness (QED) is 0.496. The number of nitrogens with zero attached hydrogens (tertiary/aromatic N) is 2. The molecular formula is C31H34F3N3O3. The highest BCUT2D eigenvalue weighted by Crippen LogP contribution is 2.70. The summed E-state index contributed by atoms with van der Waals surface area (Å²) in [6, 6.07) is 7.31. The number of allylic oxidation sites excluding steroid dienone is 3. The Morgan fingerprint density at radius 1 is 1.15 bits per heavy atom. The van der Waals surface area contributed by atoms with Gasteiger partial charge in [-0.15, -0.1) is 0 Å². The molecule has 7 rings (SSSR count). The Labute approximate surface area is 231 Å². The lowest BCUT2D eigenvalue weighted by molar-refractivity contribution is -0.170. The van der Waals surface area contributed by atoms with E-state index in [1.54, 1.807) is 12.3 Å². The summed E-state index contributed by atoms with van der Waals surface area (Å²) >= 11 is 0. The van der Waals surface area contributed by atoms with Crippen LogP contribution in [0.25, 0.3) is 16.3 Å². The van der Waals surface area contributed by atoms with E-state index in [4.69, 9.17) is 10.5 Å². The molecule has 6 nitrogen and oxygen atoms in total. The highest BCUT2D eigenvalue weighted by molar-refractivity contribution is 5.93. The average Bonchev–Trinajstić information content (AvgIpc) is 3.40. The Kier molecular flexibility index (Phi) is 5.36. The van der Waals surface area contributed by atoms with Crippen molar-refractivity contribution in [2.24, 2.45) is 11.3 Å². The molecular weight excluding hydrogens is 519 g/mol. The van der Waals surface area contributed by atoms with Crippen LogP contribution < -0.4 is 5.73 Å². The fourth-order valence-electron chi connectivity index (χ4n) is 8.75. The molecule has 3 heterocycles. The van der Waals surface area contributed by atoms with Gasteiger partial charge in [-0.3, -0.25) is 0 Å². The summed E-state index contributed by atoms with van der Waals surface area (Å²) in [6.45, 7) is 1.95. The number of aliphatic hydroxyl groups excluding tert-OH is 2. The zero-order valence-electron chi connectivity index (χ0n) is 22.8. The smallest absolute Gasteiger partial charge is 0.388 e. The van der Waals surface area contributed by atoms with Crippen molar-refractivity contribution >= 4 is 22.2 Å². The predicted octanol–water partition coefficient (Wildman–Crippen LogP) is 4.77. The number of rotatable bonds is 2. The van der Waals surface area contributed by atoms with Crippen molar-refractivity contribution in [2.45, 2.75) is 74.7 Å². The molecule has 1 aromatic carbocycles. The number of benzene rings is 1. The maximum absolute atomic E-state index is 14.9. The van der Waals surface area contributed by atoms with Gasteiger partial charge in [-0.25, -0.2) is 4.98 Å². The van der Waals surface area contributed by atoms with E-state index in [-0.39, 0.29) is 24.0 Å². The van der Waals surface area contributed by atoms with Gasteiger partial charge in [-0.1, -0.05) is 31.2 Å². The molecule has 4 N–H and O–H groups in total. The van der Waals surface area contributed by atoms with E-state index in [9.17, 15) is 23.4 Å². The number of hydrogen-bond acceptors (Lipinski definition) is 6. The third-order valence-corrected chi connectivity index (χ3v) is 10.6. The first-order valence-corrected chi connectivity index (χ1v) is 13.9. The molecule has 1 saturated carbocycles. The molecule has 0 radical (unpaired) electrons. The van der Waals surface area contributed by atoms with Crippen LogP contribution in [0, 0.1) is 11.3 Å². The van der Waals surface area contributed by atoms with Gasteiger partial charge in [0.2, 0.25) is 0 Å². The van der Waals surface area contributed by atoms with Gasteiger partial charge in [-0.2, -0.15) is 13.2 Å². The molecule has 212 valence electrons. The number of nitrogens with two attached hydrogens (primary N) is 1. The fraction of sp³-hybridized carbons (Fsp3) is 0.516. The molecule has 1 unspecified atom stereocenters. The molecule has 2 spiro atoms. The van der Waals surface area contributed by atoms with Gasteiger partial charge in [0, 0.05) is 34.5 Å². The van der Waals surface area contributed by atoms with Crippen molar-refractivity contribution in [1.29, 1.82) is 0 Å². The summed E-state index contributed by atoms with van der Waals surface area (Å²) < 4.78 is 51.7. The molecule has 1 saturated heterocycles. The van der Waals surface area contributed by atoms with E-state index in [1.807, 2.05) is 50.2 Å². The summed E-state index contributed by atoms with van der Waals surface area (Å²) in [6.07, 6.45) is 0.106. The average molecular weight is 554 g/mol. The topological polar surface area (TPSA) is 91.8 Å². The first-order chi connectivity index (χ1) is 18.8. The lowest BCUT2D eigenvalue weighted by Crippen LogP contribution is -2.62.